The van der Waals surface area contributed by atoms with Crippen molar-refractivity contribution >= 4 is 11.6 Å². The second-order valence-corrected chi connectivity index (χ2v) is 5.24. The Hall–Kier alpha value is -1.35. The van der Waals surface area contributed by atoms with Gasteiger partial charge in [0.15, 0.2) is 0 Å². The molecule has 0 saturated heterocycles. The number of amides is 1. The molecule has 0 spiro atoms. The van der Waals surface area contributed by atoms with E-state index in [0.29, 0.717) is 12.8 Å². The number of aliphatic hydroxyl groups is 1. The van der Waals surface area contributed by atoms with Crippen LogP contribution in [0.3, 0.4) is 0 Å². The van der Waals surface area contributed by atoms with Gasteiger partial charge in [0.25, 0.3) is 0 Å². The Bertz CT molecular complexity index is 373. The predicted molar refractivity (Wildman–Crippen MR) is 83.9 cm³/mol. The maximum Gasteiger partial charge on any atom is 0.224 e. The minimum atomic E-state index is 0.0930. The normalized spacial score (nSPS) is 10.5. The Labute approximate surface area is 122 Å². The van der Waals surface area contributed by atoms with E-state index in [-0.39, 0.29) is 12.5 Å². The molecule has 1 rings (SSSR count). The van der Waals surface area contributed by atoms with E-state index in [9.17, 15) is 4.79 Å². The number of benzene rings is 1. The fourth-order valence-corrected chi connectivity index (χ4v) is 2.17. The smallest absolute Gasteiger partial charge is 0.224 e. The Morgan fingerprint density at radius 2 is 1.70 bits per heavy atom. The van der Waals surface area contributed by atoms with Gasteiger partial charge in [0.2, 0.25) is 5.91 Å². The maximum atomic E-state index is 11.8. The van der Waals surface area contributed by atoms with Gasteiger partial charge in [-0.05, 0) is 30.5 Å². The van der Waals surface area contributed by atoms with Crippen molar-refractivity contribution in [2.75, 3.05) is 11.9 Å². The van der Waals surface area contributed by atoms with E-state index in [1.165, 1.54) is 25.7 Å². The Kier molecular flexibility index (Phi) is 8.72. The van der Waals surface area contributed by atoms with Crippen molar-refractivity contribution in [1.29, 1.82) is 0 Å². The highest BCUT2D eigenvalue weighted by Gasteiger charge is 2.02. The summed E-state index contributed by atoms with van der Waals surface area (Å²) < 4.78 is 0. The number of rotatable bonds is 10. The summed E-state index contributed by atoms with van der Waals surface area (Å²) in [7, 11) is 0. The number of hydrogen-bond acceptors (Lipinski definition) is 2. The second-order valence-electron chi connectivity index (χ2n) is 5.24. The van der Waals surface area contributed by atoms with Crippen molar-refractivity contribution in [3.8, 4) is 0 Å². The molecule has 0 aliphatic carbocycles. The SMILES string of the molecule is CCCCCCCCC(=O)Nc1ccc(CCO)cc1. The zero-order chi connectivity index (χ0) is 14.6. The first kappa shape index (κ1) is 16.7. The van der Waals surface area contributed by atoms with Crippen LogP contribution in [0, 0.1) is 0 Å². The van der Waals surface area contributed by atoms with Crippen molar-refractivity contribution < 1.29 is 9.90 Å². The Balaban J connectivity index is 2.18. The number of carbonyl (C=O) groups is 1. The molecule has 0 aromatic heterocycles. The summed E-state index contributed by atoms with van der Waals surface area (Å²) in [5, 5.41) is 11.8. The molecule has 0 unspecified atom stereocenters. The third kappa shape index (κ3) is 7.29. The summed E-state index contributed by atoms with van der Waals surface area (Å²) in [5.74, 6) is 0.0930. The number of nitrogens with one attached hydrogen (secondary N) is 1. The molecular weight excluding hydrogens is 250 g/mol. The average molecular weight is 277 g/mol. The summed E-state index contributed by atoms with van der Waals surface area (Å²) in [6, 6.07) is 7.67. The van der Waals surface area contributed by atoms with Gasteiger partial charge in [0.1, 0.15) is 0 Å². The van der Waals surface area contributed by atoms with Crippen LogP contribution in [0.4, 0.5) is 5.69 Å². The van der Waals surface area contributed by atoms with E-state index in [4.69, 9.17) is 5.11 Å². The van der Waals surface area contributed by atoms with Crippen LogP contribution >= 0.6 is 0 Å². The summed E-state index contributed by atoms with van der Waals surface area (Å²) in [6.07, 6.45) is 8.44. The molecule has 0 aliphatic rings. The van der Waals surface area contributed by atoms with Crippen LogP contribution in [0.2, 0.25) is 0 Å². The predicted octanol–water partition coefficient (Wildman–Crippen LogP) is 3.91. The van der Waals surface area contributed by atoms with E-state index >= 15 is 0 Å². The molecule has 2 N–H and O–H groups in total. The largest absolute Gasteiger partial charge is 0.396 e. The van der Waals surface area contributed by atoms with Crippen LogP contribution in [-0.4, -0.2) is 17.6 Å². The lowest BCUT2D eigenvalue weighted by Crippen LogP contribution is -2.11. The van der Waals surface area contributed by atoms with Crippen molar-refractivity contribution in [1.82, 2.24) is 0 Å². The van der Waals surface area contributed by atoms with Crippen LogP contribution in [0.15, 0.2) is 24.3 Å². The Morgan fingerprint density at radius 1 is 1.05 bits per heavy atom. The first-order valence-corrected chi connectivity index (χ1v) is 7.76. The van der Waals surface area contributed by atoms with Gasteiger partial charge in [-0.25, -0.2) is 0 Å². The first-order chi connectivity index (χ1) is 9.76. The molecule has 112 valence electrons. The molecule has 0 aliphatic heterocycles. The quantitative estimate of drug-likeness (QED) is 0.637. The van der Waals surface area contributed by atoms with Crippen molar-refractivity contribution in [3.63, 3.8) is 0 Å². The molecule has 0 saturated carbocycles. The van der Waals surface area contributed by atoms with Gasteiger partial charge in [0, 0.05) is 18.7 Å². The van der Waals surface area contributed by atoms with E-state index in [0.717, 1.165) is 24.1 Å². The van der Waals surface area contributed by atoms with Gasteiger partial charge >= 0.3 is 0 Å². The minimum absolute atomic E-state index is 0.0930. The lowest BCUT2D eigenvalue weighted by molar-refractivity contribution is -0.116. The number of carbonyl (C=O) groups excluding carboxylic acids is 1. The van der Waals surface area contributed by atoms with Crippen molar-refractivity contribution in [2.45, 2.75) is 58.3 Å². The molecule has 0 fully saturated rings. The highest BCUT2D eigenvalue weighted by Crippen LogP contribution is 2.12. The lowest BCUT2D eigenvalue weighted by atomic mass is 10.1. The maximum absolute atomic E-state index is 11.8. The summed E-state index contributed by atoms with van der Waals surface area (Å²) in [5.41, 5.74) is 1.92. The zero-order valence-corrected chi connectivity index (χ0v) is 12.5. The van der Waals surface area contributed by atoms with Gasteiger partial charge in [-0.2, -0.15) is 0 Å². The molecule has 1 aromatic rings. The van der Waals surface area contributed by atoms with E-state index in [1.807, 2.05) is 24.3 Å². The topological polar surface area (TPSA) is 49.3 Å². The van der Waals surface area contributed by atoms with E-state index < -0.39 is 0 Å². The molecule has 0 heterocycles. The van der Waals surface area contributed by atoms with E-state index in [1.54, 1.807) is 0 Å². The first-order valence-electron chi connectivity index (χ1n) is 7.76. The van der Waals surface area contributed by atoms with Crippen LogP contribution < -0.4 is 5.32 Å². The summed E-state index contributed by atoms with van der Waals surface area (Å²) in [6.45, 7) is 2.36. The summed E-state index contributed by atoms with van der Waals surface area (Å²) >= 11 is 0. The molecule has 0 atom stereocenters. The fraction of sp³-hybridized carbons (Fsp3) is 0.588. The highest BCUT2D eigenvalue weighted by atomic mass is 16.2. The van der Waals surface area contributed by atoms with Crippen molar-refractivity contribution in [3.05, 3.63) is 29.8 Å². The number of unbranched alkanes of at least 4 members (excludes halogenated alkanes) is 5. The third-order valence-electron chi connectivity index (χ3n) is 3.40. The monoisotopic (exact) mass is 277 g/mol. The summed E-state index contributed by atoms with van der Waals surface area (Å²) in [4.78, 5) is 11.8. The Morgan fingerprint density at radius 3 is 2.35 bits per heavy atom. The van der Waals surface area contributed by atoms with Gasteiger partial charge < -0.3 is 10.4 Å². The number of anilines is 1. The molecule has 1 amide bonds. The van der Waals surface area contributed by atoms with Crippen LogP contribution in [0.5, 0.6) is 0 Å². The molecular formula is C17H27NO2. The zero-order valence-electron chi connectivity index (χ0n) is 12.5. The number of hydrogen-bond donors (Lipinski definition) is 2. The van der Waals surface area contributed by atoms with Gasteiger partial charge in [-0.15, -0.1) is 0 Å². The molecule has 1 aromatic carbocycles. The minimum Gasteiger partial charge on any atom is -0.396 e. The molecule has 0 radical (unpaired) electrons. The molecule has 3 heteroatoms. The average Bonchev–Trinajstić information content (AvgIpc) is 2.45. The highest BCUT2D eigenvalue weighted by molar-refractivity contribution is 5.90. The molecule has 20 heavy (non-hydrogen) atoms. The molecule has 0 bridgehead atoms. The third-order valence-corrected chi connectivity index (χ3v) is 3.40. The van der Waals surface area contributed by atoms with E-state index in [2.05, 4.69) is 12.2 Å². The van der Waals surface area contributed by atoms with Crippen molar-refractivity contribution in [2.24, 2.45) is 0 Å². The fourth-order valence-electron chi connectivity index (χ4n) is 2.17. The van der Waals surface area contributed by atoms with Gasteiger partial charge in [0.05, 0.1) is 0 Å². The van der Waals surface area contributed by atoms with Crippen LogP contribution in [-0.2, 0) is 11.2 Å². The van der Waals surface area contributed by atoms with Gasteiger partial charge in [-0.3, -0.25) is 4.79 Å². The standard InChI is InChI=1S/C17H27NO2/c1-2-3-4-5-6-7-8-17(20)18-16-11-9-15(10-12-16)13-14-19/h9-12,19H,2-8,13-14H2,1H3,(H,18,20). The van der Waals surface area contributed by atoms with Crippen LogP contribution in [0.25, 0.3) is 0 Å². The van der Waals surface area contributed by atoms with Gasteiger partial charge in [-0.1, -0.05) is 51.2 Å². The van der Waals surface area contributed by atoms with Crippen LogP contribution in [0.1, 0.15) is 57.4 Å². The lowest BCUT2D eigenvalue weighted by Gasteiger charge is -2.06. The number of aliphatic hydroxyl groups excluding tert-OH is 1. The second kappa shape index (κ2) is 10.4. The molecule has 3 nitrogen and oxygen atoms in total.